The molecule has 0 unspecified atom stereocenters. The van der Waals surface area contributed by atoms with Gasteiger partial charge in [0.15, 0.2) is 11.5 Å². The van der Waals surface area contributed by atoms with Gasteiger partial charge < -0.3 is 29.3 Å². The summed E-state index contributed by atoms with van der Waals surface area (Å²) >= 11 is 0. The minimum Gasteiger partial charge on any atom is -0.493 e. The van der Waals surface area contributed by atoms with Crippen molar-refractivity contribution < 1.29 is 27.4 Å². The molecule has 208 valence electrons. The number of methoxy groups -OCH3 is 1. The molecule has 0 atom stereocenters. The largest absolute Gasteiger partial charge is 0.493 e. The van der Waals surface area contributed by atoms with E-state index in [4.69, 9.17) is 14.2 Å². The van der Waals surface area contributed by atoms with Gasteiger partial charge in [-0.15, -0.1) is 0 Å². The number of benzene rings is 2. The minimum absolute atomic E-state index is 0.145. The Morgan fingerprint density at radius 1 is 0.974 bits per heavy atom. The van der Waals surface area contributed by atoms with Gasteiger partial charge in [-0.25, -0.2) is 8.42 Å². The number of piperazine rings is 1. The van der Waals surface area contributed by atoms with Gasteiger partial charge in [0.1, 0.15) is 0 Å². The molecule has 1 amide bonds. The zero-order valence-electron chi connectivity index (χ0n) is 22.4. The Bertz CT molecular complexity index is 1210. The van der Waals surface area contributed by atoms with Gasteiger partial charge in [-0.2, -0.15) is 4.31 Å². The van der Waals surface area contributed by atoms with Crippen molar-refractivity contribution in [3.63, 3.8) is 0 Å². The standard InChI is InChI=1S/C27H38N4O6S/c1-4-16-37-25-9-6-21(19-26(25)35-3)27(32)28-23-20-22(38(33,34)31-14-17-36-18-15-31)7-8-24(23)30-12-10-29(5-2)11-13-30/h6-9,19-20H,4-5,10-18H2,1-3H3,(H,28,32). The third-order valence-electron chi connectivity index (χ3n) is 6.87. The molecule has 2 aromatic carbocycles. The highest BCUT2D eigenvalue weighted by Gasteiger charge is 2.28. The molecular formula is C27H38N4O6S. The number of nitrogens with zero attached hydrogens (tertiary/aromatic N) is 3. The zero-order valence-corrected chi connectivity index (χ0v) is 23.3. The molecule has 2 aromatic rings. The Morgan fingerprint density at radius 3 is 2.37 bits per heavy atom. The van der Waals surface area contributed by atoms with Gasteiger partial charge in [0.25, 0.3) is 5.91 Å². The van der Waals surface area contributed by atoms with Crippen LogP contribution in [0.25, 0.3) is 0 Å². The van der Waals surface area contributed by atoms with Gasteiger partial charge in [-0.1, -0.05) is 13.8 Å². The van der Waals surface area contributed by atoms with Crippen LogP contribution in [0.2, 0.25) is 0 Å². The third kappa shape index (κ3) is 6.40. The van der Waals surface area contributed by atoms with Crippen LogP contribution >= 0.6 is 0 Å². The zero-order chi connectivity index (χ0) is 27.1. The maximum Gasteiger partial charge on any atom is 0.255 e. The summed E-state index contributed by atoms with van der Waals surface area (Å²) in [5.74, 6) is 0.671. The third-order valence-corrected chi connectivity index (χ3v) is 8.77. The normalized spacial score (nSPS) is 17.3. The smallest absolute Gasteiger partial charge is 0.255 e. The number of anilines is 2. The number of carbonyl (C=O) groups is 1. The molecule has 2 saturated heterocycles. The van der Waals surface area contributed by atoms with E-state index in [1.54, 1.807) is 36.4 Å². The summed E-state index contributed by atoms with van der Waals surface area (Å²) in [6, 6.07) is 10.0. The van der Waals surface area contributed by atoms with Crippen molar-refractivity contribution in [2.24, 2.45) is 0 Å². The second-order valence-electron chi connectivity index (χ2n) is 9.28. The highest BCUT2D eigenvalue weighted by atomic mass is 32.2. The lowest BCUT2D eigenvalue weighted by Crippen LogP contribution is -2.46. The molecular weight excluding hydrogens is 508 g/mol. The summed E-state index contributed by atoms with van der Waals surface area (Å²) in [6.45, 7) is 10.4. The van der Waals surface area contributed by atoms with Crippen LogP contribution in [-0.4, -0.2) is 96.3 Å². The van der Waals surface area contributed by atoms with E-state index in [2.05, 4.69) is 22.0 Å². The summed E-state index contributed by atoms with van der Waals surface area (Å²) in [5, 5.41) is 2.98. The Labute approximate surface area is 225 Å². The van der Waals surface area contributed by atoms with Gasteiger partial charge in [0, 0.05) is 44.8 Å². The van der Waals surface area contributed by atoms with Crippen LogP contribution in [0, 0.1) is 0 Å². The molecule has 4 rings (SSSR count). The van der Waals surface area contributed by atoms with Gasteiger partial charge in [-0.3, -0.25) is 4.79 Å². The fraction of sp³-hybridized carbons (Fsp3) is 0.519. The average Bonchev–Trinajstić information content (AvgIpc) is 2.96. The van der Waals surface area contributed by atoms with Crippen molar-refractivity contribution in [2.75, 3.05) is 83.0 Å². The second kappa shape index (κ2) is 12.8. The number of likely N-dealkylation sites (N-methyl/N-ethyl adjacent to an activating group) is 1. The first-order chi connectivity index (χ1) is 18.4. The minimum atomic E-state index is -3.73. The highest BCUT2D eigenvalue weighted by Crippen LogP contribution is 2.33. The Hall–Kier alpha value is -2.86. The quantitative estimate of drug-likeness (QED) is 0.486. The molecule has 0 saturated carbocycles. The molecule has 0 bridgehead atoms. The average molecular weight is 547 g/mol. The lowest BCUT2D eigenvalue weighted by atomic mass is 10.1. The number of carbonyl (C=O) groups excluding carboxylic acids is 1. The van der Waals surface area contributed by atoms with E-state index in [0.717, 1.165) is 44.8 Å². The van der Waals surface area contributed by atoms with Crippen LogP contribution in [0.3, 0.4) is 0 Å². The van der Waals surface area contributed by atoms with E-state index in [0.29, 0.717) is 55.7 Å². The number of hydrogen-bond donors (Lipinski definition) is 1. The molecule has 0 spiro atoms. The fourth-order valence-electron chi connectivity index (χ4n) is 4.63. The first-order valence-corrected chi connectivity index (χ1v) is 14.6. The Balaban J connectivity index is 1.64. The number of sulfonamides is 1. The lowest BCUT2D eigenvalue weighted by molar-refractivity contribution is 0.0730. The number of ether oxygens (including phenoxy) is 3. The molecule has 11 heteroatoms. The van der Waals surface area contributed by atoms with E-state index in [9.17, 15) is 13.2 Å². The maximum atomic E-state index is 13.4. The molecule has 2 heterocycles. The van der Waals surface area contributed by atoms with Crippen LogP contribution < -0.4 is 19.7 Å². The number of amides is 1. The number of hydrogen-bond acceptors (Lipinski definition) is 8. The summed E-state index contributed by atoms with van der Waals surface area (Å²) in [5.41, 5.74) is 1.64. The molecule has 2 fully saturated rings. The molecule has 2 aliphatic heterocycles. The van der Waals surface area contributed by atoms with E-state index < -0.39 is 10.0 Å². The van der Waals surface area contributed by atoms with E-state index >= 15 is 0 Å². The Morgan fingerprint density at radius 2 is 1.71 bits per heavy atom. The van der Waals surface area contributed by atoms with Crippen molar-refractivity contribution >= 4 is 27.3 Å². The Kier molecular flexibility index (Phi) is 9.48. The number of rotatable bonds is 10. The van der Waals surface area contributed by atoms with Crippen LogP contribution in [0.4, 0.5) is 11.4 Å². The molecule has 0 aliphatic carbocycles. The van der Waals surface area contributed by atoms with Crippen LogP contribution in [0.15, 0.2) is 41.3 Å². The van der Waals surface area contributed by atoms with Crippen molar-refractivity contribution in [1.29, 1.82) is 0 Å². The molecule has 2 aliphatic rings. The molecule has 38 heavy (non-hydrogen) atoms. The lowest BCUT2D eigenvalue weighted by Gasteiger charge is -2.36. The molecule has 1 N–H and O–H groups in total. The first-order valence-electron chi connectivity index (χ1n) is 13.2. The molecule has 10 nitrogen and oxygen atoms in total. The van der Waals surface area contributed by atoms with Gasteiger partial charge in [-0.05, 0) is 49.4 Å². The van der Waals surface area contributed by atoms with Crippen LogP contribution in [0.1, 0.15) is 30.6 Å². The van der Waals surface area contributed by atoms with Crippen molar-refractivity contribution in [1.82, 2.24) is 9.21 Å². The van der Waals surface area contributed by atoms with E-state index in [1.165, 1.54) is 11.4 Å². The fourth-order valence-corrected chi connectivity index (χ4v) is 6.06. The van der Waals surface area contributed by atoms with Crippen molar-refractivity contribution in [3.05, 3.63) is 42.0 Å². The SMILES string of the molecule is CCCOc1ccc(C(=O)Nc2cc(S(=O)(=O)N3CCOCC3)ccc2N2CCN(CC)CC2)cc1OC. The predicted molar refractivity (Wildman–Crippen MR) is 147 cm³/mol. The van der Waals surface area contributed by atoms with E-state index in [1.807, 2.05) is 6.92 Å². The topological polar surface area (TPSA) is 101 Å². The van der Waals surface area contributed by atoms with Gasteiger partial charge >= 0.3 is 0 Å². The number of morpholine rings is 1. The van der Waals surface area contributed by atoms with Crippen molar-refractivity contribution in [3.8, 4) is 11.5 Å². The summed E-state index contributed by atoms with van der Waals surface area (Å²) in [4.78, 5) is 18.1. The summed E-state index contributed by atoms with van der Waals surface area (Å²) < 4.78 is 44.7. The second-order valence-corrected chi connectivity index (χ2v) is 11.2. The molecule has 0 radical (unpaired) electrons. The first kappa shape index (κ1) is 28.2. The predicted octanol–water partition coefficient (Wildman–Crippen LogP) is 2.90. The van der Waals surface area contributed by atoms with Crippen LogP contribution in [0.5, 0.6) is 11.5 Å². The molecule has 0 aromatic heterocycles. The number of nitrogens with one attached hydrogen (secondary N) is 1. The summed E-state index contributed by atoms with van der Waals surface area (Å²) in [7, 11) is -2.20. The monoisotopic (exact) mass is 546 g/mol. The maximum absolute atomic E-state index is 13.4. The summed E-state index contributed by atoms with van der Waals surface area (Å²) in [6.07, 6.45) is 0.852. The van der Waals surface area contributed by atoms with Crippen molar-refractivity contribution in [2.45, 2.75) is 25.2 Å². The van der Waals surface area contributed by atoms with Gasteiger partial charge in [0.2, 0.25) is 10.0 Å². The van der Waals surface area contributed by atoms with E-state index in [-0.39, 0.29) is 10.8 Å². The highest BCUT2D eigenvalue weighted by molar-refractivity contribution is 7.89. The van der Waals surface area contributed by atoms with Gasteiger partial charge in [0.05, 0.1) is 43.2 Å². The van der Waals surface area contributed by atoms with Crippen LogP contribution in [-0.2, 0) is 14.8 Å².